The summed E-state index contributed by atoms with van der Waals surface area (Å²) in [6.07, 6.45) is -6.14. The van der Waals surface area contributed by atoms with Crippen LogP contribution in [0.1, 0.15) is 0 Å². The summed E-state index contributed by atoms with van der Waals surface area (Å²) in [7, 11) is 0. The topological polar surface area (TPSA) is 92.5 Å². The van der Waals surface area contributed by atoms with E-state index in [0.717, 1.165) is 5.32 Å². The summed E-state index contributed by atoms with van der Waals surface area (Å²) >= 11 is 5.37. The molecule has 1 aromatic rings. The summed E-state index contributed by atoms with van der Waals surface area (Å²) in [5.74, 6) is -9.58. The molecular formula is C9H4ClF5N2O4. The number of nitro benzene ring substituents is 1. The Kier molecular flexibility index (Phi) is 4.27. The molecule has 0 saturated heterocycles. The average Bonchev–Trinajstić information content (AvgIpc) is 2.31. The maximum Gasteiger partial charge on any atom is 0.463 e. The monoisotopic (exact) mass is 334 g/mol. The first kappa shape index (κ1) is 16.9. The van der Waals surface area contributed by atoms with E-state index >= 15 is 0 Å². The predicted molar refractivity (Wildman–Crippen MR) is 59.4 cm³/mol. The van der Waals surface area contributed by atoms with Crippen LogP contribution in [0.4, 0.5) is 33.3 Å². The van der Waals surface area contributed by atoms with Crippen molar-refractivity contribution in [2.24, 2.45) is 0 Å². The van der Waals surface area contributed by atoms with E-state index in [-0.39, 0.29) is 0 Å². The van der Waals surface area contributed by atoms with Crippen LogP contribution in [0.5, 0.6) is 5.75 Å². The van der Waals surface area contributed by atoms with Crippen LogP contribution in [0.15, 0.2) is 12.1 Å². The van der Waals surface area contributed by atoms with Gasteiger partial charge in [-0.25, -0.2) is 0 Å². The molecule has 0 aliphatic carbocycles. The molecule has 1 rings (SSSR count). The highest BCUT2D eigenvalue weighted by atomic mass is 35.5. The summed E-state index contributed by atoms with van der Waals surface area (Å²) in [5, 5.41) is 20.2. The molecule has 116 valence electrons. The highest BCUT2D eigenvalue weighted by molar-refractivity contribution is 6.33. The lowest BCUT2D eigenvalue weighted by Gasteiger charge is -2.19. The van der Waals surface area contributed by atoms with Gasteiger partial charge in [0.1, 0.15) is 10.8 Å². The van der Waals surface area contributed by atoms with Crippen molar-refractivity contribution in [3.05, 3.63) is 27.3 Å². The molecule has 0 aliphatic heterocycles. The van der Waals surface area contributed by atoms with Crippen LogP contribution in [0.3, 0.4) is 0 Å². The van der Waals surface area contributed by atoms with E-state index in [1.54, 1.807) is 0 Å². The Morgan fingerprint density at radius 1 is 1.29 bits per heavy atom. The summed E-state index contributed by atoms with van der Waals surface area (Å²) in [6.45, 7) is 0. The molecule has 2 N–H and O–H groups in total. The second-order valence-electron chi connectivity index (χ2n) is 3.60. The van der Waals surface area contributed by atoms with Gasteiger partial charge in [-0.3, -0.25) is 14.9 Å². The van der Waals surface area contributed by atoms with Crippen molar-refractivity contribution in [2.75, 3.05) is 5.32 Å². The normalized spacial score (nSPS) is 12.1. The highest BCUT2D eigenvalue weighted by Gasteiger charge is 2.63. The molecule has 0 aromatic heterocycles. The van der Waals surface area contributed by atoms with Crippen LogP contribution in [-0.2, 0) is 4.79 Å². The third-order valence-corrected chi connectivity index (χ3v) is 2.45. The van der Waals surface area contributed by atoms with E-state index < -0.39 is 45.1 Å². The van der Waals surface area contributed by atoms with Gasteiger partial charge in [0, 0.05) is 0 Å². The Hall–Kier alpha value is -2.17. The van der Waals surface area contributed by atoms with E-state index in [2.05, 4.69) is 0 Å². The molecular weight excluding hydrogens is 331 g/mol. The van der Waals surface area contributed by atoms with Gasteiger partial charge in [-0.15, -0.1) is 0 Å². The number of aromatic hydroxyl groups is 1. The lowest BCUT2D eigenvalue weighted by Crippen LogP contribution is -2.47. The second-order valence-corrected chi connectivity index (χ2v) is 4.01. The number of carbonyl (C=O) groups excluding carboxylic acids is 1. The number of nitrogens with one attached hydrogen (secondary N) is 1. The Morgan fingerprint density at radius 2 is 1.81 bits per heavy atom. The summed E-state index contributed by atoms with van der Waals surface area (Å²) < 4.78 is 61.2. The fourth-order valence-electron chi connectivity index (χ4n) is 1.12. The molecule has 0 unspecified atom stereocenters. The molecule has 0 aliphatic rings. The van der Waals surface area contributed by atoms with Gasteiger partial charge in [0.25, 0.3) is 5.69 Å². The largest absolute Gasteiger partial charge is 0.506 e. The minimum absolute atomic E-state index is 0.393. The van der Waals surface area contributed by atoms with Crippen molar-refractivity contribution in [3.63, 3.8) is 0 Å². The molecule has 0 atom stereocenters. The quantitative estimate of drug-likeness (QED) is 0.384. The van der Waals surface area contributed by atoms with Crippen LogP contribution in [0, 0.1) is 10.1 Å². The number of halogens is 6. The van der Waals surface area contributed by atoms with E-state index in [1.807, 2.05) is 0 Å². The lowest BCUT2D eigenvalue weighted by atomic mass is 10.2. The number of nitrogens with zero attached hydrogens (tertiary/aromatic N) is 1. The Balaban J connectivity index is 3.13. The van der Waals surface area contributed by atoms with Gasteiger partial charge in [0.05, 0.1) is 16.7 Å². The average molecular weight is 335 g/mol. The van der Waals surface area contributed by atoms with Crippen LogP contribution < -0.4 is 5.32 Å². The predicted octanol–water partition coefficient (Wildman–Crippen LogP) is 3.09. The Morgan fingerprint density at radius 3 is 2.24 bits per heavy atom. The molecule has 0 fully saturated rings. The first-order chi connectivity index (χ1) is 9.37. The van der Waals surface area contributed by atoms with Gasteiger partial charge in [-0.1, -0.05) is 11.6 Å². The minimum Gasteiger partial charge on any atom is -0.506 e. The Bertz CT molecular complexity index is 605. The molecule has 0 heterocycles. The number of nitro groups is 1. The number of phenolic OH excluding ortho intramolecular Hbond substituents is 1. The third-order valence-electron chi connectivity index (χ3n) is 2.15. The van der Waals surface area contributed by atoms with Gasteiger partial charge in [0.15, 0.2) is 0 Å². The number of carbonyl (C=O) groups is 1. The number of hydrogen-bond acceptors (Lipinski definition) is 4. The summed E-state index contributed by atoms with van der Waals surface area (Å²) in [5.41, 5.74) is -1.76. The van der Waals surface area contributed by atoms with Crippen molar-refractivity contribution in [1.29, 1.82) is 0 Å². The molecule has 0 saturated carbocycles. The van der Waals surface area contributed by atoms with Crippen molar-refractivity contribution >= 4 is 28.9 Å². The highest BCUT2D eigenvalue weighted by Crippen LogP contribution is 2.39. The van der Waals surface area contributed by atoms with Crippen molar-refractivity contribution < 1.29 is 36.8 Å². The number of benzene rings is 1. The Labute approximate surface area is 117 Å². The van der Waals surface area contributed by atoms with E-state index in [9.17, 15) is 42.0 Å². The SMILES string of the molecule is O=C(Nc1cc(Cl)c([N+](=O)[O-])cc1O)C(F)(F)C(F)(F)F. The van der Waals surface area contributed by atoms with Gasteiger partial charge in [-0.05, 0) is 6.07 Å². The molecule has 1 amide bonds. The van der Waals surface area contributed by atoms with Crippen LogP contribution >= 0.6 is 11.6 Å². The standard InChI is InChI=1S/C9H4ClF5N2O4/c10-3-1-4(6(18)2-5(3)17(20)21)16-7(19)8(11,12)9(13,14)15/h1-2,18H,(H,16,19). The van der Waals surface area contributed by atoms with Gasteiger partial charge in [0.2, 0.25) is 0 Å². The van der Waals surface area contributed by atoms with Gasteiger partial charge in [-0.2, -0.15) is 22.0 Å². The van der Waals surface area contributed by atoms with E-state index in [4.69, 9.17) is 11.6 Å². The lowest BCUT2D eigenvalue weighted by molar-refractivity contribution is -0.384. The number of rotatable bonds is 3. The summed E-state index contributed by atoms with van der Waals surface area (Å²) in [6, 6.07) is 0.864. The number of amides is 1. The van der Waals surface area contributed by atoms with Crippen LogP contribution in [0.25, 0.3) is 0 Å². The van der Waals surface area contributed by atoms with Crippen LogP contribution in [0.2, 0.25) is 5.02 Å². The van der Waals surface area contributed by atoms with Crippen LogP contribution in [-0.4, -0.2) is 28.0 Å². The fraction of sp³-hybridized carbons (Fsp3) is 0.222. The number of hydrogen-bond donors (Lipinski definition) is 2. The number of alkyl halides is 5. The zero-order valence-corrected chi connectivity index (χ0v) is 10.3. The smallest absolute Gasteiger partial charge is 0.463 e. The second kappa shape index (κ2) is 5.31. The summed E-state index contributed by atoms with van der Waals surface area (Å²) in [4.78, 5) is 20.3. The maximum atomic E-state index is 12.7. The first-order valence-corrected chi connectivity index (χ1v) is 5.18. The first-order valence-electron chi connectivity index (χ1n) is 4.81. The number of anilines is 1. The maximum absolute atomic E-state index is 12.7. The molecule has 0 bridgehead atoms. The molecule has 12 heteroatoms. The molecule has 0 radical (unpaired) electrons. The molecule has 21 heavy (non-hydrogen) atoms. The zero-order valence-electron chi connectivity index (χ0n) is 9.54. The van der Waals surface area contributed by atoms with Crippen molar-refractivity contribution in [3.8, 4) is 5.75 Å². The number of phenols is 1. The zero-order chi connectivity index (χ0) is 16.6. The van der Waals surface area contributed by atoms with E-state index in [0.29, 0.717) is 12.1 Å². The van der Waals surface area contributed by atoms with Crippen molar-refractivity contribution in [1.82, 2.24) is 0 Å². The van der Waals surface area contributed by atoms with Crippen molar-refractivity contribution in [2.45, 2.75) is 12.1 Å². The minimum atomic E-state index is -6.14. The van der Waals surface area contributed by atoms with Gasteiger partial charge >= 0.3 is 18.0 Å². The van der Waals surface area contributed by atoms with Gasteiger partial charge < -0.3 is 10.4 Å². The molecule has 1 aromatic carbocycles. The fourth-order valence-corrected chi connectivity index (χ4v) is 1.35. The molecule has 6 nitrogen and oxygen atoms in total. The van der Waals surface area contributed by atoms with E-state index in [1.165, 1.54) is 0 Å². The molecule has 0 spiro atoms. The third kappa shape index (κ3) is 3.29.